The predicted octanol–water partition coefficient (Wildman–Crippen LogP) is 3.01. The molecule has 3 atom stereocenters. The topological polar surface area (TPSA) is 161 Å². The summed E-state index contributed by atoms with van der Waals surface area (Å²) in [5.41, 5.74) is 5.78. The number of ether oxygens (including phenoxy) is 2. The van der Waals surface area contributed by atoms with Gasteiger partial charge in [0.05, 0.1) is 43.6 Å². The summed E-state index contributed by atoms with van der Waals surface area (Å²) < 4.78 is 32.2. The molecule has 0 aliphatic rings. The van der Waals surface area contributed by atoms with E-state index in [0.29, 0.717) is 23.5 Å². The van der Waals surface area contributed by atoms with Crippen LogP contribution in [-0.4, -0.2) is 74.0 Å². The number of thioether (sulfide) groups is 1. The number of nitrogens with one attached hydrogen (secondary N) is 1. The Labute approximate surface area is 216 Å². The van der Waals surface area contributed by atoms with Crippen LogP contribution in [-0.2, 0) is 34.7 Å². The lowest BCUT2D eigenvalue weighted by Crippen LogP contribution is -2.45. The van der Waals surface area contributed by atoms with Gasteiger partial charge >= 0.3 is 5.97 Å². The molecule has 1 unspecified atom stereocenters. The molecule has 36 heavy (non-hydrogen) atoms. The van der Waals surface area contributed by atoms with E-state index in [9.17, 15) is 14.2 Å². The first-order valence-electron chi connectivity index (χ1n) is 11.8. The number of nitrogens with two attached hydrogens (primary N) is 1. The molecule has 0 saturated heterocycles. The summed E-state index contributed by atoms with van der Waals surface area (Å²) in [5, 5.41) is 2.89. The van der Waals surface area contributed by atoms with Crippen molar-refractivity contribution in [1.82, 2.24) is 24.6 Å². The quantitative estimate of drug-likeness (QED) is 0.130. The molecule has 2 heterocycles. The van der Waals surface area contributed by atoms with E-state index in [4.69, 9.17) is 19.7 Å². The summed E-state index contributed by atoms with van der Waals surface area (Å²) in [4.78, 5) is 36.2. The Balaban J connectivity index is 2.08. The summed E-state index contributed by atoms with van der Waals surface area (Å²) in [7, 11) is -3.69. The zero-order valence-corrected chi connectivity index (χ0v) is 23.2. The second kappa shape index (κ2) is 14.0. The molecule has 0 aromatic carbocycles. The number of aldehydes is 1. The maximum Gasteiger partial charge on any atom is 0.308 e. The summed E-state index contributed by atoms with van der Waals surface area (Å²) >= 11 is 1.57. The summed E-state index contributed by atoms with van der Waals surface area (Å²) in [6, 6.07) is 0. The maximum atomic E-state index is 13.8. The highest BCUT2D eigenvalue weighted by Gasteiger charge is 2.35. The molecule has 0 aliphatic carbocycles. The van der Waals surface area contributed by atoms with Crippen molar-refractivity contribution in [1.29, 1.82) is 0 Å². The minimum Gasteiger partial charge on any atom is -0.463 e. The number of imidazole rings is 1. The third kappa shape index (κ3) is 9.44. The van der Waals surface area contributed by atoms with Crippen molar-refractivity contribution in [3.8, 4) is 0 Å². The first-order valence-corrected chi connectivity index (χ1v) is 14.8. The molecule has 0 amide bonds. The standard InChI is InChI=1S/C22H37N6O6PS/c1-6-9-36-12-22(5,11-29)27-35(31,33-8-7-18(30)34-16(2)3)15-32-17(4)10-28-14-26-19-20(23)24-13-25-21(19)28/h11,13-14,16-17H,6-10,12,15H2,1-5H3,(H,27,31)(H2,23,24,25)/t17-,22?,35-/m1/s1. The predicted molar refractivity (Wildman–Crippen MR) is 140 cm³/mol. The molecule has 0 aliphatic heterocycles. The molecular formula is C22H37N6O6PS. The van der Waals surface area contributed by atoms with E-state index in [2.05, 4.69) is 20.0 Å². The van der Waals surface area contributed by atoms with Gasteiger partial charge in [-0.1, -0.05) is 6.92 Å². The molecule has 0 spiro atoms. The van der Waals surface area contributed by atoms with Gasteiger partial charge in [-0.05, 0) is 39.9 Å². The SMILES string of the molecule is CCCSCC(C)(C=O)N[P@@](=O)(CO[C@H](C)Cn1cnc2c(N)ncnc21)OCCC(=O)OC(C)C. The first kappa shape index (κ1) is 30.2. The second-order valence-electron chi connectivity index (χ2n) is 8.93. The minimum atomic E-state index is -3.69. The van der Waals surface area contributed by atoms with Gasteiger partial charge in [-0.3, -0.25) is 9.36 Å². The van der Waals surface area contributed by atoms with Crippen LogP contribution in [0.1, 0.15) is 47.5 Å². The van der Waals surface area contributed by atoms with E-state index >= 15 is 0 Å². The monoisotopic (exact) mass is 544 g/mol. The van der Waals surface area contributed by atoms with Gasteiger partial charge in [-0.15, -0.1) is 0 Å². The number of nitrogen functional groups attached to an aromatic ring is 1. The van der Waals surface area contributed by atoms with Crippen molar-refractivity contribution in [3.05, 3.63) is 12.7 Å². The lowest BCUT2D eigenvalue weighted by atomic mass is 10.1. The van der Waals surface area contributed by atoms with Crippen LogP contribution >= 0.6 is 19.3 Å². The molecule has 3 N–H and O–H groups in total. The molecule has 14 heteroatoms. The first-order chi connectivity index (χ1) is 17.0. The fourth-order valence-corrected chi connectivity index (χ4v) is 6.25. The minimum absolute atomic E-state index is 0.0794. The zero-order valence-electron chi connectivity index (χ0n) is 21.5. The van der Waals surface area contributed by atoms with E-state index in [-0.39, 0.29) is 31.3 Å². The molecule has 2 rings (SSSR count). The van der Waals surface area contributed by atoms with Crippen LogP contribution in [0.15, 0.2) is 12.7 Å². The van der Waals surface area contributed by atoms with E-state index in [1.807, 2.05) is 6.92 Å². The maximum absolute atomic E-state index is 13.8. The van der Waals surface area contributed by atoms with E-state index in [1.165, 1.54) is 6.33 Å². The Kier molecular flexibility index (Phi) is 11.8. The van der Waals surface area contributed by atoms with E-state index in [1.54, 1.807) is 50.4 Å². The molecule has 2 aromatic rings. The van der Waals surface area contributed by atoms with Gasteiger partial charge in [0.25, 0.3) is 7.52 Å². The van der Waals surface area contributed by atoms with Gasteiger partial charge in [0.15, 0.2) is 11.5 Å². The Hall–Kier alpha value is -2.05. The van der Waals surface area contributed by atoms with Crippen molar-refractivity contribution in [2.45, 2.75) is 71.8 Å². The fraction of sp³-hybridized carbons (Fsp3) is 0.682. The van der Waals surface area contributed by atoms with Gasteiger partial charge in [-0.2, -0.15) is 11.8 Å². The molecular weight excluding hydrogens is 507 g/mol. The smallest absolute Gasteiger partial charge is 0.308 e. The molecule has 2 aromatic heterocycles. The van der Waals surface area contributed by atoms with Crippen LogP contribution in [0.4, 0.5) is 5.82 Å². The number of hydrogen-bond acceptors (Lipinski definition) is 11. The van der Waals surface area contributed by atoms with Crippen molar-refractivity contribution >= 4 is 48.5 Å². The molecule has 0 radical (unpaired) electrons. The number of anilines is 1. The zero-order chi connectivity index (χ0) is 26.8. The number of esters is 1. The summed E-state index contributed by atoms with van der Waals surface area (Å²) in [6.07, 6.45) is 3.55. The largest absolute Gasteiger partial charge is 0.463 e. The Morgan fingerprint density at radius 1 is 1.33 bits per heavy atom. The van der Waals surface area contributed by atoms with Crippen LogP contribution in [0.2, 0.25) is 0 Å². The Morgan fingerprint density at radius 3 is 2.75 bits per heavy atom. The van der Waals surface area contributed by atoms with E-state index in [0.717, 1.165) is 18.5 Å². The highest BCUT2D eigenvalue weighted by atomic mass is 32.2. The third-order valence-corrected chi connectivity index (χ3v) is 8.26. The van der Waals surface area contributed by atoms with Gasteiger partial charge in [0.2, 0.25) is 0 Å². The van der Waals surface area contributed by atoms with Gasteiger partial charge in [0.1, 0.15) is 24.5 Å². The Bertz CT molecular complexity index is 1050. The average molecular weight is 545 g/mol. The number of carbonyl (C=O) groups excluding carboxylic acids is 2. The van der Waals surface area contributed by atoms with Gasteiger partial charge in [-0.25, -0.2) is 20.0 Å². The van der Waals surface area contributed by atoms with Crippen LogP contribution in [0.25, 0.3) is 11.2 Å². The molecule has 0 fully saturated rings. The van der Waals surface area contributed by atoms with Crippen molar-refractivity contribution in [2.75, 3.05) is 30.2 Å². The average Bonchev–Trinajstić information content (AvgIpc) is 3.21. The van der Waals surface area contributed by atoms with Crippen LogP contribution in [0.5, 0.6) is 0 Å². The normalized spacial score (nSPS) is 15.9. The number of carbonyl (C=O) groups is 2. The van der Waals surface area contributed by atoms with Crippen molar-refractivity contribution < 1.29 is 28.2 Å². The molecule has 12 nitrogen and oxygen atoms in total. The van der Waals surface area contributed by atoms with E-state index < -0.39 is 25.1 Å². The number of fused-ring (bicyclic) bond motifs is 1. The highest BCUT2D eigenvalue weighted by Crippen LogP contribution is 2.45. The summed E-state index contributed by atoms with van der Waals surface area (Å²) in [6.45, 7) is 9.20. The molecule has 202 valence electrons. The molecule has 0 saturated carbocycles. The van der Waals surface area contributed by atoms with Crippen LogP contribution < -0.4 is 10.8 Å². The molecule has 0 bridgehead atoms. The highest BCUT2D eigenvalue weighted by molar-refractivity contribution is 7.99. The van der Waals surface area contributed by atoms with Gasteiger partial charge in [0, 0.05) is 5.75 Å². The second-order valence-corrected chi connectivity index (χ2v) is 12.1. The third-order valence-electron chi connectivity index (χ3n) is 4.82. The number of hydrogen-bond donors (Lipinski definition) is 2. The summed E-state index contributed by atoms with van der Waals surface area (Å²) in [5.74, 6) is 1.08. The lowest BCUT2D eigenvalue weighted by Gasteiger charge is -2.30. The number of nitrogens with zero attached hydrogens (tertiary/aromatic N) is 4. The Morgan fingerprint density at radius 2 is 2.08 bits per heavy atom. The fourth-order valence-electron chi connectivity index (χ4n) is 3.20. The van der Waals surface area contributed by atoms with Crippen LogP contribution in [0.3, 0.4) is 0 Å². The van der Waals surface area contributed by atoms with Crippen molar-refractivity contribution in [3.63, 3.8) is 0 Å². The van der Waals surface area contributed by atoms with Crippen LogP contribution in [0, 0.1) is 0 Å². The number of aromatic nitrogens is 4. The van der Waals surface area contributed by atoms with Crippen molar-refractivity contribution in [2.24, 2.45) is 0 Å². The van der Waals surface area contributed by atoms with Gasteiger partial charge < -0.3 is 29.1 Å². The number of rotatable bonds is 17. The lowest BCUT2D eigenvalue weighted by molar-refractivity contribution is -0.147.